The van der Waals surface area contributed by atoms with E-state index in [0.29, 0.717) is 12.2 Å². The first-order chi connectivity index (χ1) is 10.8. The summed E-state index contributed by atoms with van der Waals surface area (Å²) in [6, 6.07) is 7.46. The lowest BCUT2D eigenvalue weighted by molar-refractivity contribution is -0.0310. The molecular weight excluding hydrogens is 280 g/mol. The topological polar surface area (TPSA) is 53.3 Å². The lowest BCUT2D eigenvalue weighted by Crippen LogP contribution is -2.18. The molecule has 0 N–H and O–H groups in total. The fraction of sp³-hybridized carbons (Fsp3) is 0.412. The van der Waals surface area contributed by atoms with Crippen molar-refractivity contribution in [3.8, 4) is 11.3 Å². The van der Waals surface area contributed by atoms with Gasteiger partial charge in [-0.25, -0.2) is 9.78 Å². The second-order valence-electron chi connectivity index (χ2n) is 5.27. The molecule has 0 aliphatic carbocycles. The molecule has 0 saturated carbocycles. The van der Waals surface area contributed by atoms with Crippen LogP contribution in [0, 0.1) is 0 Å². The van der Waals surface area contributed by atoms with Gasteiger partial charge in [-0.15, -0.1) is 0 Å². The van der Waals surface area contributed by atoms with E-state index in [1.807, 2.05) is 22.8 Å². The van der Waals surface area contributed by atoms with Crippen LogP contribution in [0.2, 0.25) is 0 Å². The van der Waals surface area contributed by atoms with Crippen molar-refractivity contribution < 1.29 is 14.3 Å². The van der Waals surface area contributed by atoms with Gasteiger partial charge >= 0.3 is 5.97 Å². The van der Waals surface area contributed by atoms with Gasteiger partial charge in [-0.2, -0.15) is 0 Å². The largest absolute Gasteiger partial charge is 0.462 e. The van der Waals surface area contributed by atoms with Crippen LogP contribution in [-0.2, 0) is 9.47 Å². The molecule has 1 atom stereocenters. The number of hydrogen-bond donors (Lipinski definition) is 0. The molecule has 2 heterocycles. The summed E-state index contributed by atoms with van der Waals surface area (Å²) in [4.78, 5) is 16.4. The van der Waals surface area contributed by atoms with Crippen LogP contribution in [-0.4, -0.2) is 28.7 Å². The van der Waals surface area contributed by atoms with Crippen LogP contribution in [0.15, 0.2) is 36.8 Å². The van der Waals surface area contributed by atoms with Crippen LogP contribution < -0.4 is 0 Å². The number of rotatable bonds is 4. The summed E-state index contributed by atoms with van der Waals surface area (Å²) in [5, 5.41) is 0. The Labute approximate surface area is 129 Å². The molecule has 5 heteroatoms. The zero-order chi connectivity index (χ0) is 15.4. The third-order valence-electron chi connectivity index (χ3n) is 3.83. The molecule has 1 fully saturated rings. The molecule has 1 aromatic carbocycles. The van der Waals surface area contributed by atoms with E-state index in [1.54, 1.807) is 25.5 Å². The molecule has 0 bridgehead atoms. The van der Waals surface area contributed by atoms with Crippen molar-refractivity contribution in [3.63, 3.8) is 0 Å². The molecule has 1 aromatic heterocycles. The van der Waals surface area contributed by atoms with E-state index >= 15 is 0 Å². The number of carbonyl (C=O) groups is 1. The van der Waals surface area contributed by atoms with Gasteiger partial charge in [-0.1, -0.05) is 18.2 Å². The van der Waals surface area contributed by atoms with E-state index in [0.717, 1.165) is 37.1 Å². The van der Waals surface area contributed by atoms with Crippen LogP contribution in [0.4, 0.5) is 0 Å². The van der Waals surface area contributed by atoms with Crippen molar-refractivity contribution in [1.29, 1.82) is 0 Å². The Hall–Kier alpha value is -2.14. The molecule has 116 valence electrons. The standard InChI is InChI=1S/C17H20N2O3/c1-2-21-17(20)14-8-4-3-7-13(14)15-11-18-12-19(15)16-9-5-6-10-22-16/h3-4,7-8,11-12,16H,2,5-6,9-10H2,1H3. The molecule has 1 saturated heterocycles. The van der Waals surface area contributed by atoms with Gasteiger partial charge < -0.3 is 14.0 Å². The first-order valence-corrected chi connectivity index (χ1v) is 7.71. The maximum atomic E-state index is 12.2. The van der Waals surface area contributed by atoms with Crippen LogP contribution in [0.3, 0.4) is 0 Å². The Balaban J connectivity index is 1.98. The van der Waals surface area contributed by atoms with Gasteiger partial charge in [-0.3, -0.25) is 0 Å². The number of ether oxygens (including phenoxy) is 2. The second-order valence-corrected chi connectivity index (χ2v) is 5.27. The molecule has 1 aliphatic rings. The average molecular weight is 300 g/mol. The lowest BCUT2D eigenvalue weighted by atomic mass is 10.0. The molecular formula is C17H20N2O3. The van der Waals surface area contributed by atoms with Crippen LogP contribution >= 0.6 is 0 Å². The normalized spacial score (nSPS) is 18.1. The number of aromatic nitrogens is 2. The second kappa shape index (κ2) is 6.75. The molecule has 1 aliphatic heterocycles. The molecule has 1 unspecified atom stereocenters. The van der Waals surface area contributed by atoms with Gasteiger partial charge in [0, 0.05) is 12.2 Å². The van der Waals surface area contributed by atoms with Gasteiger partial charge in [0.2, 0.25) is 0 Å². The summed E-state index contributed by atoms with van der Waals surface area (Å²) < 4.78 is 13.0. The van der Waals surface area contributed by atoms with Crippen molar-refractivity contribution in [3.05, 3.63) is 42.4 Å². The van der Waals surface area contributed by atoms with E-state index in [1.165, 1.54) is 0 Å². The number of esters is 1. The maximum Gasteiger partial charge on any atom is 0.338 e. The fourth-order valence-corrected chi connectivity index (χ4v) is 2.78. The van der Waals surface area contributed by atoms with Crippen LogP contribution in [0.25, 0.3) is 11.3 Å². The Bertz CT molecular complexity index is 645. The zero-order valence-electron chi connectivity index (χ0n) is 12.7. The highest BCUT2D eigenvalue weighted by Crippen LogP contribution is 2.30. The third kappa shape index (κ3) is 2.90. The quantitative estimate of drug-likeness (QED) is 0.812. The molecule has 2 aromatic rings. The van der Waals surface area contributed by atoms with E-state index in [9.17, 15) is 4.79 Å². The summed E-state index contributed by atoms with van der Waals surface area (Å²) in [6.45, 7) is 2.93. The minimum atomic E-state index is -0.310. The van der Waals surface area contributed by atoms with Gasteiger partial charge in [0.15, 0.2) is 0 Å². The van der Waals surface area contributed by atoms with Crippen molar-refractivity contribution in [2.45, 2.75) is 32.4 Å². The summed E-state index contributed by atoms with van der Waals surface area (Å²) in [6.07, 6.45) is 6.73. The number of imidazole rings is 1. The Morgan fingerprint density at radius 1 is 1.41 bits per heavy atom. The van der Waals surface area contributed by atoms with Gasteiger partial charge in [0.1, 0.15) is 6.23 Å². The molecule has 22 heavy (non-hydrogen) atoms. The highest BCUT2D eigenvalue weighted by atomic mass is 16.5. The smallest absolute Gasteiger partial charge is 0.338 e. The number of benzene rings is 1. The summed E-state index contributed by atoms with van der Waals surface area (Å²) in [7, 11) is 0. The minimum Gasteiger partial charge on any atom is -0.462 e. The van der Waals surface area contributed by atoms with Crippen LogP contribution in [0.5, 0.6) is 0 Å². The van der Waals surface area contributed by atoms with E-state index in [2.05, 4.69) is 4.98 Å². The van der Waals surface area contributed by atoms with E-state index < -0.39 is 0 Å². The fourth-order valence-electron chi connectivity index (χ4n) is 2.78. The van der Waals surface area contributed by atoms with Crippen molar-refractivity contribution in [1.82, 2.24) is 9.55 Å². The minimum absolute atomic E-state index is 0.0125. The van der Waals surface area contributed by atoms with Gasteiger partial charge in [-0.05, 0) is 32.3 Å². The average Bonchev–Trinajstić information content (AvgIpc) is 3.05. The van der Waals surface area contributed by atoms with Gasteiger partial charge in [0.25, 0.3) is 0 Å². The Morgan fingerprint density at radius 2 is 2.27 bits per heavy atom. The SMILES string of the molecule is CCOC(=O)c1ccccc1-c1cncn1C1CCCCO1. The van der Waals surface area contributed by atoms with Crippen LogP contribution in [0.1, 0.15) is 42.8 Å². The van der Waals surface area contributed by atoms with Crippen molar-refractivity contribution >= 4 is 5.97 Å². The zero-order valence-corrected chi connectivity index (χ0v) is 12.7. The lowest BCUT2D eigenvalue weighted by Gasteiger charge is -2.25. The summed E-state index contributed by atoms with van der Waals surface area (Å²) in [5.74, 6) is -0.310. The Kier molecular flexibility index (Phi) is 4.53. The number of nitrogens with zero attached hydrogens (tertiary/aromatic N) is 2. The molecule has 5 nitrogen and oxygen atoms in total. The number of hydrogen-bond acceptors (Lipinski definition) is 4. The predicted molar refractivity (Wildman–Crippen MR) is 82.5 cm³/mol. The Morgan fingerprint density at radius 3 is 3.05 bits per heavy atom. The van der Waals surface area contributed by atoms with E-state index in [4.69, 9.17) is 9.47 Å². The van der Waals surface area contributed by atoms with Crippen molar-refractivity contribution in [2.24, 2.45) is 0 Å². The highest BCUT2D eigenvalue weighted by molar-refractivity contribution is 5.96. The van der Waals surface area contributed by atoms with E-state index in [-0.39, 0.29) is 12.2 Å². The number of carbonyl (C=O) groups excluding carboxylic acids is 1. The summed E-state index contributed by atoms with van der Waals surface area (Å²) in [5.41, 5.74) is 2.27. The molecule has 0 spiro atoms. The third-order valence-corrected chi connectivity index (χ3v) is 3.83. The monoisotopic (exact) mass is 300 g/mol. The first-order valence-electron chi connectivity index (χ1n) is 7.71. The molecule has 0 amide bonds. The highest BCUT2D eigenvalue weighted by Gasteiger charge is 2.21. The predicted octanol–water partition coefficient (Wildman–Crippen LogP) is 3.43. The van der Waals surface area contributed by atoms with Crippen molar-refractivity contribution in [2.75, 3.05) is 13.2 Å². The maximum absolute atomic E-state index is 12.2. The van der Waals surface area contributed by atoms with Gasteiger partial charge in [0.05, 0.1) is 30.4 Å². The first kappa shape index (κ1) is 14.8. The molecule has 3 rings (SSSR count). The molecule has 0 radical (unpaired) electrons. The summed E-state index contributed by atoms with van der Waals surface area (Å²) >= 11 is 0.